The average Bonchev–Trinajstić information content (AvgIpc) is 2.67. The number of hydrogen-bond donors (Lipinski definition) is 0. The molecule has 1 aliphatic rings. The maximum absolute atomic E-state index is 13.2. The highest BCUT2D eigenvalue weighted by atomic mass is 32.2. The van der Waals surface area contributed by atoms with Crippen molar-refractivity contribution in [2.75, 3.05) is 27.2 Å². The number of hydrogen-bond acceptors (Lipinski definition) is 4. The summed E-state index contributed by atoms with van der Waals surface area (Å²) in [5, 5.41) is 0. The quantitative estimate of drug-likeness (QED) is 0.626. The van der Waals surface area contributed by atoms with Gasteiger partial charge in [0.15, 0.2) is 11.6 Å². The molecule has 1 saturated heterocycles. The first-order chi connectivity index (χ1) is 9.88. The highest BCUT2D eigenvalue weighted by Gasteiger charge is 2.31. The average molecular weight is 328 g/mol. The van der Waals surface area contributed by atoms with E-state index < -0.39 is 11.6 Å². The Morgan fingerprint density at radius 3 is 2.67 bits per heavy atom. The first-order valence-corrected chi connectivity index (χ1v) is 7.46. The minimum absolute atomic E-state index is 0.198. The third-order valence-electron chi connectivity index (χ3n) is 2.89. The molecule has 0 radical (unpaired) electrons. The number of thioether (sulfide) groups is 1. The second kappa shape index (κ2) is 6.64. The zero-order valence-electron chi connectivity index (χ0n) is 11.6. The number of amides is 1. The molecule has 7 heteroatoms. The molecule has 1 fully saturated rings. The fourth-order valence-electron chi connectivity index (χ4n) is 1.75. The molecule has 1 amide bonds. The second-order valence-electron chi connectivity index (χ2n) is 4.81. The fourth-order valence-corrected chi connectivity index (χ4v) is 3.05. The van der Waals surface area contributed by atoms with Crippen molar-refractivity contribution in [3.05, 3.63) is 40.3 Å². The van der Waals surface area contributed by atoms with E-state index in [1.54, 1.807) is 0 Å². The van der Waals surface area contributed by atoms with Gasteiger partial charge in [0.25, 0.3) is 5.91 Å². The first kappa shape index (κ1) is 16.1. The Hall–Kier alpha value is -1.31. The van der Waals surface area contributed by atoms with Crippen LogP contribution < -0.4 is 0 Å². The van der Waals surface area contributed by atoms with E-state index >= 15 is 0 Å². The summed E-state index contributed by atoms with van der Waals surface area (Å²) >= 11 is 6.36. The van der Waals surface area contributed by atoms with Gasteiger partial charge in [-0.3, -0.25) is 9.69 Å². The smallest absolute Gasteiger partial charge is 0.266 e. The van der Waals surface area contributed by atoms with Gasteiger partial charge in [0, 0.05) is 13.1 Å². The van der Waals surface area contributed by atoms with Gasteiger partial charge in [-0.25, -0.2) is 8.78 Å². The molecule has 1 aliphatic heterocycles. The van der Waals surface area contributed by atoms with E-state index in [0.29, 0.717) is 27.9 Å². The number of rotatable bonds is 4. The molecule has 0 saturated carbocycles. The van der Waals surface area contributed by atoms with Crippen LogP contribution in [0.3, 0.4) is 0 Å². The summed E-state index contributed by atoms with van der Waals surface area (Å²) in [4.78, 5) is 16.1. The Morgan fingerprint density at radius 2 is 2.05 bits per heavy atom. The van der Waals surface area contributed by atoms with Crippen molar-refractivity contribution >= 4 is 40.3 Å². The van der Waals surface area contributed by atoms with Gasteiger partial charge in [-0.05, 0) is 37.9 Å². The summed E-state index contributed by atoms with van der Waals surface area (Å²) in [6.07, 6.45) is 1.53. The normalized spacial score (nSPS) is 17.4. The van der Waals surface area contributed by atoms with Crippen LogP contribution in [0.5, 0.6) is 0 Å². The maximum Gasteiger partial charge on any atom is 0.266 e. The number of thiocarbonyl (C=S) groups is 1. The van der Waals surface area contributed by atoms with Crippen molar-refractivity contribution in [1.82, 2.24) is 9.80 Å². The summed E-state index contributed by atoms with van der Waals surface area (Å²) < 4.78 is 26.5. The van der Waals surface area contributed by atoms with Crippen LogP contribution in [0.1, 0.15) is 5.56 Å². The molecule has 1 heterocycles. The molecule has 0 spiro atoms. The van der Waals surface area contributed by atoms with Crippen molar-refractivity contribution in [3.8, 4) is 0 Å². The lowest BCUT2D eigenvalue weighted by atomic mass is 10.2. The van der Waals surface area contributed by atoms with Crippen LogP contribution >= 0.6 is 24.0 Å². The lowest BCUT2D eigenvalue weighted by Gasteiger charge is -2.17. The number of halogens is 2. The van der Waals surface area contributed by atoms with Crippen LogP contribution in [-0.4, -0.2) is 47.2 Å². The Bertz CT molecular complexity index is 617. The van der Waals surface area contributed by atoms with Gasteiger partial charge in [-0.2, -0.15) is 0 Å². The fraction of sp³-hybridized carbons (Fsp3) is 0.286. The molecule has 112 valence electrons. The Kier molecular flexibility index (Phi) is 5.08. The molecule has 0 aromatic heterocycles. The number of nitrogens with zero attached hydrogens (tertiary/aromatic N) is 2. The van der Waals surface area contributed by atoms with Crippen LogP contribution in [0.15, 0.2) is 23.1 Å². The van der Waals surface area contributed by atoms with E-state index in [-0.39, 0.29) is 5.91 Å². The Balaban J connectivity index is 2.17. The zero-order chi connectivity index (χ0) is 15.6. The molecule has 3 nitrogen and oxygen atoms in total. The molecule has 2 rings (SSSR count). The highest BCUT2D eigenvalue weighted by Crippen LogP contribution is 2.32. The summed E-state index contributed by atoms with van der Waals surface area (Å²) in [6.45, 7) is 1.21. The van der Waals surface area contributed by atoms with Crippen molar-refractivity contribution in [2.45, 2.75) is 0 Å². The summed E-state index contributed by atoms with van der Waals surface area (Å²) in [5.74, 6) is -2.05. The van der Waals surface area contributed by atoms with Crippen LogP contribution in [0.25, 0.3) is 6.08 Å². The molecule has 1 aromatic rings. The topological polar surface area (TPSA) is 23.6 Å². The van der Waals surface area contributed by atoms with Crippen LogP contribution in [0.2, 0.25) is 0 Å². The SMILES string of the molecule is CN(C)CCN1C(=O)/C(=C/c2ccc(F)c(F)c2)SC1=S. The molecule has 0 atom stereocenters. The Morgan fingerprint density at radius 1 is 1.33 bits per heavy atom. The van der Waals surface area contributed by atoms with Crippen molar-refractivity contribution < 1.29 is 13.6 Å². The summed E-state index contributed by atoms with van der Waals surface area (Å²) in [5.41, 5.74) is 0.432. The van der Waals surface area contributed by atoms with E-state index in [1.807, 2.05) is 19.0 Å². The van der Waals surface area contributed by atoms with E-state index in [1.165, 1.54) is 28.8 Å². The monoisotopic (exact) mass is 328 g/mol. The lowest BCUT2D eigenvalue weighted by molar-refractivity contribution is -0.122. The molecular formula is C14H14F2N2OS2. The van der Waals surface area contributed by atoms with Crippen molar-refractivity contribution in [2.24, 2.45) is 0 Å². The maximum atomic E-state index is 13.2. The van der Waals surface area contributed by atoms with Gasteiger partial charge in [0.1, 0.15) is 4.32 Å². The van der Waals surface area contributed by atoms with Crippen molar-refractivity contribution in [1.29, 1.82) is 0 Å². The molecular weight excluding hydrogens is 314 g/mol. The predicted octanol–water partition coefficient (Wildman–Crippen LogP) is 2.73. The molecule has 0 N–H and O–H groups in total. The highest BCUT2D eigenvalue weighted by molar-refractivity contribution is 8.26. The zero-order valence-corrected chi connectivity index (χ0v) is 13.2. The minimum atomic E-state index is -0.938. The molecule has 0 aliphatic carbocycles. The minimum Gasteiger partial charge on any atom is -0.308 e. The molecule has 1 aromatic carbocycles. The van der Waals surface area contributed by atoms with Gasteiger partial charge < -0.3 is 4.90 Å². The molecule has 21 heavy (non-hydrogen) atoms. The third-order valence-corrected chi connectivity index (χ3v) is 4.26. The van der Waals surface area contributed by atoms with Gasteiger partial charge in [0.2, 0.25) is 0 Å². The molecule has 0 unspecified atom stereocenters. The first-order valence-electron chi connectivity index (χ1n) is 6.23. The summed E-state index contributed by atoms with van der Waals surface area (Å²) in [7, 11) is 3.82. The van der Waals surface area contributed by atoms with Gasteiger partial charge in [-0.1, -0.05) is 30.0 Å². The van der Waals surface area contributed by atoms with Gasteiger partial charge in [0.05, 0.1) is 4.91 Å². The van der Waals surface area contributed by atoms with Gasteiger partial charge in [-0.15, -0.1) is 0 Å². The van der Waals surface area contributed by atoms with E-state index in [0.717, 1.165) is 12.1 Å². The van der Waals surface area contributed by atoms with E-state index in [2.05, 4.69) is 0 Å². The number of benzene rings is 1. The van der Waals surface area contributed by atoms with Crippen LogP contribution in [0, 0.1) is 11.6 Å². The number of carbonyl (C=O) groups is 1. The van der Waals surface area contributed by atoms with Crippen LogP contribution in [-0.2, 0) is 4.79 Å². The lowest BCUT2D eigenvalue weighted by Crippen LogP contribution is -2.34. The second-order valence-corrected chi connectivity index (χ2v) is 6.49. The molecule has 0 bridgehead atoms. The third kappa shape index (κ3) is 3.87. The largest absolute Gasteiger partial charge is 0.308 e. The standard InChI is InChI=1S/C14H14F2N2OS2/c1-17(2)5-6-18-13(19)12(21-14(18)20)8-9-3-4-10(15)11(16)7-9/h3-4,7-8H,5-6H2,1-2H3/b12-8-. The number of likely N-dealkylation sites (N-methyl/N-ethyl adjacent to an activating group) is 1. The Labute approximate surface area is 131 Å². The number of carbonyl (C=O) groups excluding carboxylic acids is 1. The van der Waals surface area contributed by atoms with E-state index in [4.69, 9.17) is 12.2 Å². The van der Waals surface area contributed by atoms with Crippen LogP contribution in [0.4, 0.5) is 8.78 Å². The van der Waals surface area contributed by atoms with Gasteiger partial charge >= 0.3 is 0 Å². The summed E-state index contributed by atoms with van der Waals surface area (Å²) in [6, 6.07) is 3.51. The van der Waals surface area contributed by atoms with Crippen molar-refractivity contribution in [3.63, 3.8) is 0 Å². The van der Waals surface area contributed by atoms with E-state index in [9.17, 15) is 13.6 Å². The predicted molar refractivity (Wildman–Crippen MR) is 84.8 cm³/mol.